The van der Waals surface area contributed by atoms with Crippen molar-refractivity contribution in [3.63, 3.8) is 0 Å². The first-order valence-electron chi connectivity index (χ1n) is 5.68. The summed E-state index contributed by atoms with van der Waals surface area (Å²) in [6, 6.07) is 0. The molecule has 4 heteroatoms. The minimum Gasteiger partial charge on any atom is -0.393 e. The van der Waals surface area contributed by atoms with Gasteiger partial charge in [0.25, 0.3) is 0 Å². The average Bonchev–Trinajstić information content (AvgIpc) is 2.52. The lowest BCUT2D eigenvalue weighted by Gasteiger charge is -2.11. The first kappa shape index (κ1) is 12.2. The predicted molar refractivity (Wildman–Crippen MR) is 59.5 cm³/mol. The molecule has 1 heterocycles. The molecule has 4 nitrogen and oxygen atoms in total. The maximum atomic E-state index is 9.70. The van der Waals surface area contributed by atoms with Crippen LogP contribution in [0.4, 0.5) is 0 Å². The Bertz CT molecular complexity index is 283. The van der Waals surface area contributed by atoms with Crippen molar-refractivity contribution in [2.75, 3.05) is 0 Å². The summed E-state index contributed by atoms with van der Waals surface area (Å²) in [7, 11) is 0. The van der Waals surface area contributed by atoms with Gasteiger partial charge < -0.3 is 5.11 Å². The predicted octanol–water partition coefficient (Wildman–Crippen LogP) is 1.64. The Morgan fingerprint density at radius 3 is 2.80 bits per heavy atom. The normalized spacial score (nSPS) is 13.4. The molecule has 0 amide bonds. The molecule has 0 aliphatic carbocycles. The maximum Gasteiger partial charge on any atom is 0.138 e. The fourth-order valence-electron chi connectivity index (χ4n) is 1.59. The van der Waals surface area contributed by atoms with Gasteiger partial charge in [0.05, 0.1) is 6.10 Å². The van der Waals surface area contributed by atoms with Gasteiger partial charge in [0.15, 0.2) is 0 Å². The van der Waals surface area contributed by atoms with E-state index in [1.165, 1.54) is 0 Å². The third-order valence-corrected chi connectivity index (χ3v) is 2.27. The summed E-state index contributed by atoms with van der Waals surface area (Å²) in [5.41, 5.74) is 0. The van der Waals surface area contributed by atoms with Gasteiger partial charge in [-0.3, -0.25) is 0 Å². The van der Waals surface area contributed by atoms with Crippen molar-refractivity contribution in [1.29, 1.82) is 0 Å². The van der Waals surface area contributed by atoms with Gasteiger partial charge >= 0.3 is 0 Å². The Labute approximate surface area is 91.3 Å². The lowest BCUT2D eigenvalue weighted by atomic mass is 10.1. The first-order valence-corrected chi connectivity index (χ1v) is 5.68. The Kier molecular flexibility index (Phi) is 4.75. The molecule has 0 radical (unpaired) electrons. The molecule has 0 fully saturated rings. The molecule has 15 heavy (non-hydrogen) atoms. The van der Waals surface area contributed by atoms with E-state index in [4.69, 9.17) is 0 Å². The molecule has 0 saturated carbocycles. The molecule has 1 rings (SSSR count). The first-order chi connectivity index (χ1) is 7.13. The zero-order valence-corrected chi connectivity index (χ0v) is 9.85. The van der Waals surface area contributed by atoms with E-state index in [1.807, 2.05) is 4.68 Å². The van der Waals surface area contributed by atoms with Crippen molar-refractivity contribution in [2.45, 2.75) is 52.7 Å². The number of hydrogen-bond acceptors (Lipinski definition) is 3. The second kappa shape index (κ2) is 5.85. The molecule has 0 saturated heterocycles. The standard InChI is InChI=1S/C11H21N3O/c1-4-5-10(15)6-11-12-8-13-14(11)7-9(2)3/h8-10,15H,4-7H2,1-3H3. The van der Waals surface area contributed by atoms with E-state index < -0.39 is 0 Å². The average molecular weight is 211 g/mol. The van der Waals surface area contributed by atoms with Gasteiger partial charge in [-0.2, -0.15) is 5.10 Å². The number of nitrogens with zero attached hydrogens (tertiary/aromatic N) is 3. The highest BCUT2D eigenvalue weighted by atomic mass is 16.3. The van der Waals surface area contributed by atoms with Crippen molar-refractivity contribution >= 4 is 0 Å². The summed E-state index contributed by atoms with van der Waals surface area (Å²) in [5.74, 6) is 1.44. The molecular formula is C11H21N3O. The van der Waals surface area contributed by atoms with Crippen LogP contribution in [0.5, 0.6) is 0 Å². The lowest BCUT2D eigenvalue weighted by molar-refractivity contribution is 0.159. The van der Waals surface area contributed by atoms with E-state index in [-0.39, 0.29) is 6.10 Å². The van der Waals surface area contributed by atoms with E-state index in [0.29, 0.717) is 12.3 Å². The van der Waals surface area contributed by atoms with E-state index in [2.05, 4.69) is 30.9 Å². The third-order valence-electron chi connectivity index (χ3n) is 2.27. The zero-order valence-electron chi connectivity index (χ0n) is 9.85. The van der Waals surface area contributed by atoms with Crippen LogP contribution >= 0.6 is 0 Å². The topological polar surface area (TPSA) is 50.9 Å². The van der Waals surface area contributed by atoms with E-state index in [0.717, 1.165) is 25.2 Å². The van der Waals surface area contributed by atoms with Crippen LogP contribution in [0, 0.1) is 5.92 Å². The molecule has 1 atom stereocenters. The van der Waals surface area contributed by atoms with Gasteiger partial charge in [-0.15, -0.1) is 0 Å². The minimum absolute atomic E-state index is 0.287. The van der Waals surface area contributed by atoms with Crippen LogP contribution in [0.1, 0.15) is 39.4 Å². The molecule has 0 aliphatic heterocycles. The fourth-order valence-corrected chi connectivity index (χ4v) is 1.59. The summed E-state index contributed by atoms with van der Waals surface area (Å²) in [4.78, 5) is 4.18. The smallest absolute Gasteiger partial charge is 0.138 e. The van der Waals surface area contributed by atoms with Crippen molar-refractivity contribution < 1.29 is 5.11 Å². The van der Waals surface area contributed by atoms with Crippen LogP contribution in [-0.4, -0.2) is 26.0 Å². The van der Waals surface area contributed by atoms with Gasteiger partial charge in [-0.05, 0) is 12.3 Å². The summed E-state index contributed by atoms with van der Waals surface area (Å²) in [6.45, 7) is 7.23. The number of aliphatic hydroxyl groups is 1. The van der Waals surface area contributed by atoms with Gasteiger partial charge in [0, 0.05) is 13.0 Å². The second-order valence-electron chi connectivity index (χ2n) is 4.40. The molecule has 1 aromatic heterocycles. The highest BCUT2D eigenvalue weighted by Crippen LogP contribution is 2.06. The maximum absolute atomic E-state index is 9.70. The van der Waals surface area contributed by atoms with Crippen LogP contribution < -0.4 is 0 Å². The molecule has 1 aromatic rings. The van der Waals surface area contributed by atoms with Crippen molar-refractivity contribution in [3.05, 3.63) is 12.2 Å². The van der Waals surface area contributed by atoms with E-state index in [9.17, 15) is 5.11 Å². The molecule has 0 aliphatic rings. The molecule has 0 aromatic carbocycles. The second-order valence-corrected chi connectivity index (χ2v) is 4.40. The highest BCUT2D eigenvalue weighted by molar-refractivity contribution is 4.87. The number of aliphatic hydroxyl groups excluding tert-OH is 1. The van der Waals surface area contributed by atoms with E-state index in [1.54, 1.807) is 6.33 Å². The molecule has 1 unspecified atom stereocenters. The number of hydrogen-bond donors (Lipinski definition) is 1. The van der Waals surface area contributed by atoms with Crippen LogP contribution in [-0.2, 0) is 13.0 Å². The lowest BCUT2D eigenvalue weighted by Crippen LogP contribution is -2.17. The monoisotopic (exact) mass is 211 g/mol. The SMILES string of the molecule is CCCC(O)Cc1ncnn1CC(C)C. The summed E-state index contributed by atoms with van der Waals surface area (Å²) >= 11 is 0. The summed E-state index contributed by atoms with van der Waals surface area (Å²) < 4.78 is 1.89. The van der Waals surface area contributed by atoms with Gasteiger partial charge in [0.2, 0.25) is 0 Å². The largest absolute Gasteiger partial charge is 0.393 e. The third kappa shape index (κ3) is 4.00. The molecule has 86 valence electrons. The Hall–Kier alpha value is -0.900. The van der Waals surface area contributed by atoms with Crippen LogP contribution in [0.15, 0.2) is 6.33 Å². The van der Waals surface area contributed by atoms with E-state index >= 15 is 0 Å². The molecule has 1 N–H and O–H groups in total. The van der Waals surface area contributed by atoms with Crippen molar-refractivity contribution in [2.24, 2.45) is 5.92 Å². The number of aromatic nitrogens is 3. The molecule has 0 spiro atoms. The fraction of sp³-hybridized carbons (Fsp3) is 0.818. The summed E-state index contributed by atoms with van der Waals surface area (Å²) in [6.07, 6.45) is 3.72. The zero-order chi connectivity index (χ0) is 11.3. The molecular weight excluding hydrogens is 190 g/mol. The Balaban J connectivity index is 2.56. The Morgan fingerprint density at radius 1 is 1.47 bits per heavy atom. The van der Waals surface area contributed by atoms with Crippen LogP contribution in [0.2, 0.25) is 0 Å². The molecule has 0 bridgehead atoms. The van der Waals surface area contributed by atoms with Crippen molar-refractivity contribution in [1.82, 2.24) is 14.8 Å². The van der Waals surface area contributed by atoms with Gasteiger partial charge in [-0.25, -0.2) is 9.67 Å². The van der Waals surface area contributed by atoms with Gasteiger partial charge in [0.1, 0.15) is 12.2 Å². The van der Waals surface area contributed by atoms with Gasteiger partial charge in [-0.1, -0.05) is 27.2 Å². The highest BCUT2D eigenvalue weighted by Gasteiger charge is 2.11. The van der Waals surface area contributed by atoms with Crippen LogP contribution in [0.25, 0.3) is 0 Å². The van der Waals surface area contributed by atoms with Crippen molar-refractivity contribution in [3.8, 4) is 0 Å². The minimum atomic E-state index is -0.287. The number of rotatable bonds is 6. The van der Waals surface area contributed by atoms with Crippen LogP contribution in [0.3, 0.4) is 0 Å². The quantitative estimate of drug-likeness (QED) is 0.778. The summed E-state index contributed by atoms with van der Waals surface area (Å²) in [5, 5.41) is 13.9. The Morgan fingerprint density at radius 2 is 2.20 bits per heavy atom.